The largest absolute Gasteiger partial charge is 0.416 e. The molecule has 5 nitrogen and oxygen atoms in total. The van der Waals surface area contributed by atoms with Gasteiger partial charge in [-0.15, -0.1) is 0 Å². The molecule has 4 aromatic rings. The average molecular weight is 433 g/mol. The number of hydrogen-bond donors (Lipinski definition) is 0. The van der Waals surface area contributed by atoms with Crippen LogP contribution in [0.3, 0.4) is 0 Å². The molecular weight excluding hydrogens is 417 g/mol. The van der Waals surface area contributed by atoms with E-state index in [1.807, 2.05) is 6.92 Å². The lowest BCUT2D eigenvalue weighted by Crippen LogP contribution is -2.25. The second-order valence-corrected chi connectivity index (χ2v) is 7.12. The minimum absolute atomic E-state index is 0.0292. The quantitative estimate of drug-likeness (QED) is 0.462. The smallest absolute Gasteiger partial charge is 0.315 e. The monoisotopic (exact) mass is 432 g/mol. The van der Waals surface area contributed by atoms with E-state index in [0.717, 1.165) is 6.07 Å². The molecule has 0 atom stereocenters. The summed E-state index contributed by atoms with van der Waals surface area (Å²) >= 11 is 5.95. The molecule has 0 spiro atoms. The number of fused-ring (bicyclic) bond motifs is 1. The van der Waals surface area contributed by atoms with E-state index in [4.69, 9.17) is 11.6 Å². The molecule has 0 aliphatic carbocycles. The summed E-state index contributed by atoms with van der Waals surface area (Å²) in [5.41, 5.74) is -0.238. The Morgan fingerprint density at radius 1 is 1.07 bits per heavy atom. The van der Waals surface area contributed by atoms with Gasteiger partial charge in [-0.25, -0.2) is 9.97 Å². The first-order valence-electron chi connectivity index (χ1n) is 9.17. The van der Waals surface area contributed by atoms with Crippen LogP contribution < -0.4 is 5.56 Å². The number of hydrogen-bond acceptors (Lipinski definition) is 3. The molecule has 0 saturated carbocycles. The SMILES string of the molecule is CCn1cnc2c(=O)n(-c3ccc(Cl)cc3)c(Cc3ccccc3C(F)(F)F)nc21. The summed E-state index contributed by atoms with van der Waals surface area (Å²) in [5.74, 6) is 0.182. The lowest BCUT2D eigenvalue weighted by atomic mass is 10.0. The van der Waals surface area contributed by atoms with E-state index in [9.17, 15) is 18.0 Å². The van der Waals surface area contributed by atoms with E-state index in [-0.39, 0.29) is 23.3 Å². The molecule has 0 aliphatic heterocycles. The average Bonchev–Trinajstić information content (AvgIpc) is 3.12. The van der Waals surface area contributed by atoms with Gasteiger partial charge >= 0.3 is 6.18 Å². The number of imidazole rings is 1. The number of alkyl halides is 3. The van der Waals surface area contributed by atoms with Gasteiger partial charge in [-0.1, -0.05) is 29.8 Å². The highest BCUT2D eigenvalue weighted by atomic mass is 35.5. The van der Waals surface area contributed by atoms with Crippen LogP contribution >= 0.6 is 11.6 Å². The lowest BCUT2D eigenvalue weighted by molar-refractivity contribution is -0.138. The van der Waals surface area contributed by atoms with Gasteiger partial charge in [-0.3, -0.25) is 9.36 Å². The van der Waals surface area contributed by atoms with Gasteiger partial charge in [-0.2, -0.15) is 13.2 Å². The highest BCUT2D eigenvalue weighted by Crippen LogP contribution is 2.33. The first-order valence-corrected chi connectivity index (χ1v) is 9.55. The predicted molar refractivity (Wildman–Crippen MR) is 108 cm³/mol. The second-order valence-electron chi connectivity index (χ2n) is 6.68. The molecular formula is C21H16ClF3N4O. The van der Waals surface area contributed by atoms with Gasteiger partial charge in [0.15, 0.2) is 11.2 Å². The van der Waals surface area contributed by atoms with Crippen LogP contribution in [0, 0.1) is 0 Å². The first-order chi connectivity index (χ1) is 14.3. The van der Waals surface area contributed by atoms with Crippen molar-refractivity contribution < 1.29 is 13.2 Å². The molecule has 2 heterocycles. The number of aromatic nitrogens is 4. The molecule has 0 unspecified atom stereocenters. The Morgan fingerprint density at radius 2 is 1.77 bits per heavy atom. The molecule has 4 rings (SSSR count). The Morgan fingerprint density at radius 3 is 2.43 bits per heavy atom. The molecule has 0 saturated heterocycles. The van der Waals surface area contributed by atoms with Gasteiger partial charge in [0.2, 0.25) is 0 Å². The topological polar surface area (TPSA) is 52.7 Å². The molecule has 0 amide bonds. The normalized spacial score (nSPS) is 11.9. The molecule has 0 bridgehead atoms. The fourth-order valence-corrected chi connectivity index (χ4v) is 3.49. The Balaban J connectivity index is 1.97. The molecule has 30 heavy (non-hydrogen) atoms. The summed E-state index contributed by atoms with van der Waals surface area (Å²) in [7, 11) is 0. The van der Waals surface area contributed by atoms with Crippen LogP contribution in [-0.4, -0.2) is 19.1 Å². The summed E-state index contributed by atoms with van der Waals surface area (Å²) in [6, 6.07) is 11.7. The van der Waals surface area contributed by atoms with Crippen molar-refractivity contribution >= 4 is 22.8 Å². The van der Waals surface area contributed by atoms with Crippen LogP contribution in [0.1, 0.15) is 23.9 Å². The second kappa shape index (κ2) is 7.60. The number of rotatable bonds is 4. The maximum atomic E-state index is 13.5. The van der Waals surface area contributed by atoms with E-state index < -0.39 is 17.3 Å². The standard InChI is InChI=1S/C21H16ClF3N4O/c1-2-28-12-26-18-19(28)27-17(11-13-5-3-4-6-16(13)21(23,24)25)29(20(18)30)15-9-7-14(22)8-10-15/h3-10,12H,2,11H2,1H3. The molecule has 154 valence electrons. The molecule has 0 N–H and O–H groups in total. The third-order valence-corrected chi connectivity index (χ3v) is 5.06. The van der Waals surface area contributed by atoms with E-state index in [2.05, 4.69) is 9.97 Å². The fourth-order valence-electron chi connectivity index (χ4n) is 3.37. The predicted octanol–water partition coefficient (Wildman–Crippen LogP) is 4.87. The van der Waals surface area contributed by atoms with Crippen LogP contribution in [0.15, 0.2) is 59.7 Å². The van der Waals surface area contributed by atoms with E-state index in [1.54, 1.807) is 28.8 Å². The van der Waals surface area contributed by atoms with Crippen molar-refractivity contribution in [1.29, 1.82) is 0 Å². The third kappa shape index (κ3) is 3.59. The summed E-state index contributed by atoms with van der Waals surface area (Å²) in [5, 5.41) is 0.472. The molecule has 0 fully saturated rings. The van der Waals surface area contributed by atoms with Crippen LogP contribution in [0.2, 0.25) is 5.02 Å². The maximum Gasteiger partial charge on any atom is 0.416 e. The molecule has 0 radical (unpaired) electrons. The van der Waals surface area contributed by atoms with Crippen molar-refractivity contribution in [1.82, 2.24) is 19.1 Å². The number of aryl methyl sites for hydroxylation is 1. The van der Waals surface area contributed by atoms with Crippen LogP contribution in [0.5, 0.6) is 0 Å². The zero-order valence-electron chi connectivity index (χ0n) is 15.8. The van der Waals surface area contributed by atoms with Gasteiger partial charge < -0.3 is 4.57 Å². The lowest BCUT2D eigenvalue weighted by Gasteiger charge is -2.16. The summed E-state index contributed by atoms with van der Waals surface area (Å²) in [4.78, 5) is 21.9. The highest BCUT2D eigenvalue weighted by Gasteiger charge is 2.33. The van der Waals surface area contributed by atoms with Gasteiger partial charge in [0.25, 0.3) is 5.56 Å². The van der Waals surface area contributed by atoms with Crippen LogP contribution in [0.4, 0.5) is 13.2 Å². The minimum Gasteiger partial charge on any atom is -0.315 e. The zero-order chi connectivity index (χ0) is 21.5. The molecule has 2 aromatic heterocycles. The zero-order valence-corrected chi connectivity index (χ0v) is 16.6. The Labute approximate surface area is 174 Å². The van der Waals surface area contributed by atoms with Crippen molar-refractivity contribution in [2.24, 2.45) is 0 Å². The number of nitrogens with zero attached hydrogens (tertiary/aromatic N) is 4. The van der Waals surface area contributed by atoms with E-state index in [1.165, 1.54) is 29.1 Å². The Bertz CT molecular complexity index is 1280. The summed E-state index contributed by atoms with van der Waals surface area (Å²) < 4.78 is 43.5. The third-order valence-electron chi connectivity index (χ3n) is 4.81. The Kier molecular flexibility index (Phi) is 5.11. The summed E-state index contributed by atoms with van der Waals surface area (Å²) in [6.45, 7) is 2.39. The van der Waals surface area contributed by atoms with E-state index in [0.29, 0.717) is 22.9 Å². The number of benzene rings is 2. The van der Waals surface area contributed by atoms with Gasteiger partial charge in [0, 0.05) is 18.0 Å². The van der Waals surface area contributed by atoms with E-state index >= 15 is 0 Å². The van der Waals surface area contributed by atoms with Crippen LogP contribution in [0.25, 0.3) is 16.9 Å². The highest BCUT2D eigenvalue weighted by molar-refractivity contribution is 6.30. The van der Waals surface area contributed by atoms with Crippen molar-refractivity contribution in [3.8, 4) is 5.69 Å². The fraction of sp³-hybridized carbons (Fsp3) is 0.190. The van der Waals surface area contributed by atoms with Gasteiger partial charge in [0.1, 0.15) is 5.82 Å². The number of halogens is 4. The minimum atomic E-state index is -4.52. The summed E-state index contributed by atoms with van der Waals surface area (Å²) in [6.07, 6.45) is -3.20. The van der Waals surface area contributed by atoms with Gasteiger partial charge in [-0.05, 0) is 42.8 Å². The molecule has 2 aromatic carbocycles. The van der Waals surface area contributed by atoms with Crippen molar-refractivity contribution in [2.75, 3.05) is 0 Å². The van der Waals surface area contributed by atoms with Gasteiger partial charge in [0.05, 0.1) is 17.6 Å². The molecule has 0 aliphatic rings. The Hall–Kier alpha value is -3.13. The van der Waals surface area contributed by atoms with Crippen molar-refractivity contribution in [3.05, 3.63) is 87.2 Å². The van der Waals surface area contributed by atoms with Crippen molar-refractivity contribution in [2.45, 2.75) is 26.1 Å². The van der Waals surface area contributed by atoms with Crippen LogP contribution in [-0.2, 0) is 19.1 Å². The van der Waals surface area contributed by atoms with Crippen molar-refractivity contribution in [3.63, 3.8) is 0 Å². The molecule has 9 heteroatoms. The first kappa shape index (κ1) is 20.2. The maximum absolute atomic E-state index is 13.5.